The molecule has 19 heavy (non-hydrogen) atoms. The predicted molar refractivity (Wildman–Crippen MR) is 75.7 cm³/mol. The summed E-state index contributed by atoms with van der Waals surface area (Å²) in [5.41, 5.74) is 6.77. The normalized spacial score (nSPS) is 15.2. The Hall–Kier alpha value is -1.95. The topological polar surface area (TPSA) is 78.3 Å². The molecule has 0 aliphatic heterocycles. The molecule has 2 N–H and O–H groups in total. The smallest absolute Gasteiger partial charge is 0.397 e. The van der Waals surface area contributed by atoms with E-state index in [-0.39, 0.29) is 17.6 Å². The summed E-state index contributed by atoms with van der Waals surface area (Å²) in [5.74, 6) is 0. The molecule has 1 saturated carbocycles. The predicted octanol–water partition coefficient (Wildman–Crippen LogP) is 2.05. The maximum Gasteiger partial charge on any atom is 0.397 e. The molecule has 5 nitrogen and oxygen atoms in total. The molecular weight excluding hydrogens is 264 g/mol. The zero-order chi connectivity index (χ0) is 13.4. The summed E-state index contributed by atoms with van der Waals surface area (Å²) in [7, 11) is 0. The van der Waals surface area contributed by atoms with Crippen LogP contribution in [0.5, 0.6) is 6.08 Å². The molecule has 98 valence electrons. The van der Waals surface area contributed by atoms with Gasteiger partial charge >= 0.3 is 11.7 Å². The number of benzene rings is 1. The molecule has 0 bridgehead atoms. The molecule has 1 aliphatic carbocycles. The number of anilines is 1. The number of thiocarbonyl (C=S) groups is 1. The number of rotatable bonds is 3. The van der Waals surface area contributed by atoms with Gasteiger partial charge in [0.15, 0.2) is 0 Å². The van der Waals surface area contributed by atoms with Crippen molar-refractivity contribution in [3.05, 3.63) is 28.1 Å². The van der Waals surface area contributed by atoms with Gasteiger partial charge in [0, 0.05) is 11.1 Å². The SMILES string of the molecule is Nc1cc(C=S)cc2nc(OC3CCC3)oc(=O)c12. The molecular formula is C13H12N2O3S. The Kier molecular flexibility index (Phi) is 2.94. The maximum absolute atomic E-state index is 11.9. The summed E-state index contributed by atoms with van der Waals surface area (Å²) in [6, 6.07) is 3.32. The minimum atomic E-state index is -0.534. The molecule has 1 aliphatic rings. The molecule has 1 aromatic carbocycles. The van der Waals surface area contributed by atoms with Crippen LogP contribution in [0.3, 0.4) is 0 Å². The van der Waals surface area contributed by atoms with Gasteiger partial charge in [0.1, 0.15) is 11.5 Å². The van der Waals surface area contributed by atoms with Crippen LogP contribution in [0.1, 0.15) is 24.8 Å². The molecule has 1 fully saturated rings. The Balaban J connectivity index is 2.12. The van der Waals surface area contributed by atoms with E-state index in [1.807, 2.05) is 0 Å². The van der Waals surface area contributed by atoms with Crippen molar-refractivity contribution in [1.82, 2.24) is 4.98 Å². The van der Waals surface area contributed by atoms with E-state index in [0.29, 0.717) is 11.2 Å². The fraction of sp³-hybridized carbons (Fsp3) is 0.308. The van der Waals surface area contributed by atoms with Crippen LogP contribution in [-0.2, 0) is 0 Å². The molecule has 1 aromatic heterocycles. The van der Waals surface area contributed by atoms with E-state index in [4.69, 9.17) is 27.1 Å². The van der Waals surface area contributed by atoms with Crippen molar-refractivity contribution in [1.29, 1.82) is 0 Å². The van der Waals surface area contributed by atoms with E-state index in [9.17, 15) is 4.79 Å². The Morgan fingerprint density at radius 1 is 1.47 bits per heavy atom. The van der Waals surface area contributed by atoms with Crippen LogP contribution in [0.25, 0.3) is 10.9 Å². The Morgan fingerprint density at radius 2 is 2.26 bits per heavy atom. The van der Waals surface area contributed by atoms with E-state index < -0.39 is 5.63 Å². The lowest BCUT2D eigenvalue weighted by Gasteiger charge is -2.24. The molecule has 0 atom stereocenters. The lowest BCUT2D eigenvalue weighted by atomic mass is 9.96. The van der Waals surface area contributed by atoms with E-state index in [0.717, 1.165) is 24.8 Å². The number of ether oxygens (including phenoxy) is 1. The van der Waals surface area contributed by atoms with Crippen LogP contribution in [0.2, 0.25) is 0 Å². The second-order valence-electron chi connectivity index (χ2n) is 4.56. The highest BCUT2D eigenvalue weighted by Gasteiger charge is 2.21. The molecule has 6 heteroatoms. The van der Waals surface area contributed by atoms with Crippen molar-refractivity contribution < 1.29 is 9.15 Å². The summed E-state index contributed by atoms with van der Waals surface area (Å²) in [6.45, 7) is 0. The first-order valence-electron chi connectivity index (χ1n) is 6.03. The number of nitrogen functional groups attached to an aromatic ring is 1. The first kappa shape index (κ1) is 12.1. The van der Waals surface area contributed by atoms with Crippen molar-refractivity contribution >= 4 is 34.2 Å². The van der Waals surface area contributed by atoms with Crippen molar-refractivity contribution in [2.45, 2.75) is 25.4 Å². The number of aromatic nitrogens is 1. The van der Waals surface area contributed by atoms with Crippen LogP contribution in [0.4, 0.5) is 5.69 Å². The van der Waals surface area contributed by atoms with Crippen molar-refractivity contribution in [3.8, 4) is 6.08 Å². The van der Waals surface area contributed by atoms with E-state index in [2.05, 4.69) is 4.98 Å². The monoisotopic (exact) mass is 276 g/mol. The largest absolute Gasteiger partial charge is 0.447 e. The Bertz CT molecular complexity index is 707. The quantitative estimate of drug-likeness (QED) is 0.683. The third kappa shape index (κ3) is 2.19. The van der Waals surface area contributed by atoms with Gasteiger partial charge in [0.2, 0.25) is 0 Å². The first-order chi connectivity index (χ1) is 9.17. The second-order valence-corrected chi connectivity index (χ2v) is 4.80. The average molecular weight is 276 g/mol. The molecule has 0 spiro atoms. The molecule has 0 unspecified atom stereocenters. The molecule has 0 saturated heterocycles. The van der Waals surface area contributed by atoms with Gasteiger partial charge in [-0.1, -0.05) is 12.2 Å². The van der Waals surface area contributed by atoms with Crippen molar-refractivity contribution in [2.24, 2.45) is 0 Å². The van der Waals surface area contributed by atoms with Gasteiger partial charge in [-0.25, -0.2) is 4.79 Å². The van der Waals surface area contributed by atoms with Gasteiger partial charge < -0.3 is 14.9 Å². The number of nitrogens with two attached hydrogens (primary N) is 1. The fourth-order valence-corrected chi connectivity index (χ4v) is 2.12. The van der Waals surface area contributed by atoms with Gasteiger partial charge in [-0.3, -0.25) is 0 Å². The highest BCUT2D eigenvalue weighted by Crippen LogP contribution is 2.25. The van der Waals surface area contributed by atoms with Gasteiger partial charge in [0.05, 0.1) is 5.52 Å². The number of hydrogen-bond donors (Lipinski definition) is 1. The fourth-order valence-electron chi connectivity index (χ4n) is 1.98. The molecule has 2 aromatic rings. The third-order valence-electron chi connectivity index (χ3n) is 3.22. The van der Waals surface area contributed by atoms with Crippen LogP contribution in [0, 0.1) is 0 Å². The molecule has 0 amide bonds. The standard InChI is InChI=1S/C13H12N2O3S/c14-9-4-7(6-19)5-10-11(9)12(16)18-13(15-10)17-8-2-1-3-8/h4-6,8H,1-3,14H2. The first-order valence-corrected chi connectivity index (χ1v) is 6.51. The van der Waals surface area contributed by atoms with E-state index >= 15 is 0 Å². The van der Waals surface area contributed by atoms with Crippen molar-refractivity contribution in [3.63, 3.8) is 0 Å². The minimum absolute atomic E-state index is 0.00289. The van der Waals surface area contributed by atoms with Crippen LogP contribution in [-0.4, -0.2) is 16.5 Å². The minimum Gasteiger partial charge on any atom is -0.447 e. The van der Waals surface area contributed by atoms with Crippen molar-refractivity contribution in [2.75, 3.05) is 5.73 Å². The van der Waals surface area contributed by atoms with Gasteiger partial charge in [0.25, 0.3) is 0 Å². The highest BCUT2D eigenvalue weighted by atomic mass is 32.1. The average Bonchev–Trinajstić information content (AvgIpc) is 2.32. The Morgan fingerprint density at radius 3 is 2.89 bits per heavy atom. The third-order valence-corrected chi connectivity index (χ3v) is 3.49. The summed E-state index contributed by atoms with van der Waals surface area (Å²) >= 11 is 4.86. The summed E-state index contributed by atoms with van der Waals surface area (Å²) in [4.78, 5) is 16.1. The maximum atomic E-state index is 11.9. The zero-order valence-electron chi connectivity index (χ0n) is 10.1. The molecule has 3 rings (SSSR count). The number of nitrogens with zero attached hydrogens (tertiary/aromatic N) is 1. The lowest BCUT2D eigenvalue weighted by molar-refractivity contribution is 0.0786. The van der Waals surface area contributed by atoms with Crippen LogP contribution < -0.4 is 16.1 Å². The van der Waals surface area contributed by atoms with Gasteiger partial charge in [-0.2, -0.15) is 4.98 Å². The number of fused-ring (bicyclic) bond motifs is 1. The second kappa shape index (κ2) is 4.62. The number of hydrogen-bond acceptors (Lipinski definition) is 6. The van der Waals surface area contributed by atoms with E-state index in [1.165, 1.54) is 5.37 Å². The Labute approximate surface area is 114 Å². The van der Waals surface area contributed by atoms with Crippen LogP contribution in [0.15, 0.2) is 21.3 Å². The summed E-state index contributed by atoms with van der Waals surface area (Å²) in [5, 5.41) is 1.75. The van der Waals surface area contributed by atoms with Gasteiger partial charge in [-0.15, -0.1) is 0 Å². The summed E-state index contributed by atoms with van der Waals surface area (Å²) in [6.07, 6.45) is 3.16. The lowest BCUT2D eigenvalue weighted by Crippen LogP contribution is -2.25. The zero-order valence-corrected chi connectivity index (χ0v) is 10.9. The van der Waals surface area contributed by atoms with E-state index in [1.54, 1.807) is 12.1 Å². The van der Waals surface area contributed by atoms with Crippen LogP contribution >= 0.6 is 12.2 Å². The van der Waals surface area contributed by atoms with Gasteiger partial charge in [-0.05, 0) is 37.0 Å². The highest BCUT2D eigenvalue weighted by molar-refractivity contribution is 7.79. The molecule has 1 heterocycles. The molecule has 0 radical (unpaired) electrons. The summed E-state index contributed by atoms with van der Waals surface area (Å²) < 4.78 is 10.5.